The number of rotatable bonds is 11. The van der Waals surface area contributed by atoms with Crippen LogP contribution >= 0.6 is 0 Å². The number of nitrogens with zero attached hydrogens (tertiary/aromatic N) is 4. The number of amides is 1. The Labute approximate surface area is 216 Å². The number of methoxy groups -OCH3 is 1. The van der Waals surface area contributed by atoms with Gasteiger partial charge in [-0.15, -0.1) is 5.10 Å². The molecule has 4 aromatic rings. The van der Waals surface area contributed by atoms with Gasteiger partial charge in [0.15, 0.2) is 23.9 Å². The third kappa shape index (κ3) is 6.84. The molecule has 0 unspecified atom stereocenters. The molecule has 0 saturated carbocycles. The summed E-state index contributed by atoms with van der Waals surface area (Å²) in [5.74, 6) is 2.10. The maximum absolute atomic E-state index is 12.4. The lowest BCUT2D eigenvalue weighted by atomic mass is 10.1. The van der Waals surface area contributed by atoms with E-state index in [1.165, 1.54) is 0 Å². The maximum atomic E-state index is 12.4. The predicted octanol–water partition coefficient (Wildman–Crippen LogP) is 4.56. The van der Waals surface area contributed by atoms with Crippen LogP contribution in [0.15, 0.2) is 66.7 Å². The lowest BCUT2D eigenvalue weighted by Gasteiger charge is -2.13. The van der Waals surface area contributed by atoms with Crippen molar-refractivity contribution < 1.29 is 14.3 Å². The minimum Gasteiger partial charge on any atom is -0.493 e. The second kappa shape index (κ2) is 12.0. The smallest absolute Gasteiger partial charge is 0.251 e. The summed E-state index contributed by atoms with van der Waals surface area (Å²) in [4.78, 5) is 12.4. The summed E-state index contributed by atoms with van der Waals surface area (Å²) < 4.78 is 13.2. The fourth-order valence-corrected chi connectivity index (χ4v) is 3.64. The van der Waals surface area contributed by atoms with Crippen LogP contribution in [0.4, 0.5) is 5.69 Å². The molecule has 0 radical (unpaired) electrons. The van der Waals surface area contributed by atoms with E-state index >= 15 is 0 Å². The van der Waals surface area contributed by atoms with Crippen LogP contribution in [0, 0.1) is 12.8 Å². The first-order valence-electron chi connectivity index (χ1n) is 12.2. The van der Waals surface area contributed by atoms with Gasteiger partial charge in [-0.1, -0.05) is 43.7 Å². The molecule has 4 rings (SSSR count). The highest BCUT2D eigenvalue weighted by molar-refractivity contribution is 5.95. The Kier molecular flexibility index (Phi) is 8.35. The van der Waals surface area contributed by atoms with E-state index in [4.69, 9.17) is 9.47 Å². The molecule has 0 aliphatic heterocycles. The second-order valence-electron chi connectivity index (χ2n) is 9.15. The van der Waals surface area contributed by atoms with Gasteiger partial charge in [-0.05, 0) is 71.3 Å². The fraction of sp³-hybridized carbons (Fsp3) is 0.286. The first-order chi connectivity index (χ1) is 17.9. The number of benzene rings is 3. The van der Waals surface area contributed by atoms with Crippen LogP contribution in [0.5, 0.6) is 11.5 Å². The van der Waals surface area contributed by atoms with Crippen molar-refractivity contribution in [1.82, 2.24) is 25.5 Å². The van der Waals surface area contributed by atoms with Crippen LogP contribution in [0.2, 0.25) is 0 Å². The number of nitrogens with one attached hydrogen (secondary N) is 2. The van der Waals surface area contributed by atoms with Gasteiger partial charge in [0.25, 0.3) is 5.91 Å². The van der Waals surface area contributed by atoms with E-state index in [-0.39, 0.29) is 12.5 Å². The largest absolute Gasteiger partial charge is 0.493 e. The Bertz CT molecular complexity index is 1330. The fourth-order valence-electron chi connectivity index (χ4n) is 3.64. The number of hydrogen-bond donors (Lipinski definition) is 2. The van der Waals surface area contributed by atoms with Crippen LogP contribution in [-0.2, 0) is 13.2 Å². The second-order valence-corrected chi connectivity index (χ2v) is 9.15. The molecule has 2 N–H and O–H groups in total. The van der Waals surface area contributed by atoms with Crippen molar-refractivity contribution in [1.29, 1.82) is 0 Å². The Morgan fingerprint density at radius 1 is 1.03 bits per heavy atom. The summed E-state index contributed by atoms with van der Waals surface area (Å²) >= 11 is 0. The summed E-state index contributed by atoms with van der Waals surface area (Å²) in [5.41, 5.74) is 4.51. The van der Waals surface area contributed by atoms with Crippen LogP contribution in [0.3, 0.4) is 0 Å². The number of ether oxygens (including phenoxy) is 2. The number of tetrazole rings is 1. The minimum absolute atomic E-state index is 0.0751. The molecule has 3 aromatic carbocycles. The lowest BCUT2D eigenvalue weighted by molar-refractivity contribution is 0.0949. The summed E-state index contributed by atoms with van der Waals surface area (Å²) in [6.07, 6.45) is 0. The molecule has 1 heterocycles. The zero-order chi connectivity index (χ0) is 26.2. The first-order valence-corrected chi connectivity index (χ1v) is 12.2. The van der Waals surface area contributed by atoms with Gasteiger partial charge < -0.3 is 20.1 Å². The van der Waals surface area contributed by atoms with Gasteiger partial charge in [-0.2, -0.15) is 4.68 Å². The molecule has 37 heavy (non-hydrogen) atoms. The number of carbonyl (C=O) groups is 1. The number of hydrogen-bond acceptors (Lipinski definition) is 7. The average molecular weight is 501 g/mol. The molecular weight excluding hydrogens is 468 g/mol. The molecule has 9 heteroatoms. The molecular formula is C28H32N6O3. The van der Waals surface area contributed by atoms with Crippen LogP contribution in [0.25, 0.3) is 5.69 Å². The Morgan fingerprint density at radius 2 is 1.84 bits per heavy atom. The maximum Gasteiger partial charge on any atom is 0.251 e. The number of carbonyl (C=O) groups excluding carboxylic acids is 1. The van der Waals surface area contributed by atoms with Crippen molar-refractivity contribution >= 4 is 11.6 Å². The zero-order valence-corrected chi connectivity index (χ0v) is 21.6. The topological polar surface area (TPSA) is 103 Å². The van der Waals surface area contributed by atoms with Crippen molar-refractivity contribution in [3.63, 3.8) is 0 Å². The molecule has 192 valence electrons. The summed E-state index contributed by atoms with van der Waals surface area (Å²) in [5, 5.41) is 18.3. The molecule has 9 nitrogen and oxygen atoms in total. The van der Waals surface area contributed by atoms with E-state index in [0.717, 1.165) is 22.5 Å². The summed E-state index contributed by atoms with van der Waals surface area (Å²) in [6, 6.07) is 21.2. The van der Waals surface area contributed by atoms with Crippen molar-refractivity contribution in [2.45, 2.75) is 33.9 Å². The van der Waals surface area contributed by atoms with Crippen molar-refractivity contribution in [3.8, 4) is 17.2 Å². The molecule has 1 amide bonds. The van der Waals surface area contributed by atoms with E-state index in [9.17, 15) is 4.79 Å². The summed E-state index contributed by atoms with van der Waals surface area (Å²) in [6.45, 7) is 7.55. The van der Waals surface area contributed by atoms with Gasteiger partial charge in [-0.3, -0.25) is 4.79 Å². The Morgan fingerprint density at radius 3 is 2.59 bits per heavy atom. The van der Waals surface area contributed by atoms with E-state index in [0.29, 0.717) is 41.9 Å². The highest BCUT2D eigenvalue weighted by atomic mass is 16.5. The van der Waals surface area contributed by atoms with E-state index < -0.39 is 0 Å². The van der Waals surface area contributed by atoms with Crippen molar-refractivity contribution in [2.75, 3.05) is 19.0 Å². The van der Waals surface area contributed by atoms with Gasteiger partial charge in [-0.25, -0.2) is 0 Å². The van der Waals surface area contributed by atoms with E-state index in [1.807, 2.05) is 73.7 Å². The molecule has 0 fully saturated rings. The lowest BCUT2D eigenvalue weighted by Crippen LogP contribution is -2.27. The van der Waals surface area contributed by atoms with Crippen LogP contribution in [0.1, 0.15) is 41.2 Å². The van der Waals surface area contributed by atoms with Crippen molar-refractivity contribution in [2.24, 2.45) is 5.92 Å². The van der Waals surface area contributed by atoms with Gasteiger partial charge in [0, 0.05) is 24.3 Å². The molecule has 0 atom stereocenters. The standard InChI is InChI=1S/C28H32N6O3/c1-19(2)16-30-28(35)22-6-5-7-23(15-22)29-17-21-10-13-25(26(14-21)36-4)37-18-27-31-32-33-34(27)24-11-8-20(3)9-12-24/h5-15,19,29H,16-18H2,1-4H3,(H,30,35). The van der Waals surface area contributed by atoms with Gasteiger partial charge in [0.05, 0.1) is 12.8 Å². The van der Waals surface area contributed by atoms with Gasteiger partial charge in [0.2, 0.25) is 0 Å². The normalized spacial score (nSPS) is 10.8. The first kappa shape index (κ1) is 25.7. The van der Waals surface area contributed by atoms with Crippen LogP contribution in [-0.4, -0.2) is 39.8 Å². The average Bonchev–Trinajstić information content (AvgIpc) is 3.38. The predicted molar refractivity (Wildman–Crippen MR) is 142 cm³/mol. The summed E-state index contributed by atoms with van der Waals surface area (Å²) in [7, 11) is 1.61. The number of aromatic nitrogens is 4. The number of anilines is 1. The minimum atomic E-state index is -0.0751. The highest BCUT2D eigenvalue weighted by Gasteiger charge is 2.12. The Balaban J connectivity index is 1.38. The molecule has 1 aromatic heterocycles. The SMILES string of the molecule is COc1cc(CNc2cccc(C(=O)NCC(C)C)c2)ccc1OCc1nnnn1-c1ccc(C)cc1. The van der Waals surface area contributed by atoms with Crippen molar-refractivity contribution in [3.05, 3.63) is 89.2 Å². The van der Waals surface area contributed by atoms with Gasteiger partial charge >= 0.3 is 0 Å². The Hall–Kier alpha value is -4.40. The molecule has 0 spiro atoms. The highest BCUT2D eigenvalue weighted by Crippen LogP contribution is 2.29. The third-order valence-electron chi connectivity index (χ3n) is 5.69. The molecule has 0 bridgehead atoms. The zero-order valence-electron chi connectivity index (χ0n) is 21.6. The van der Waals surface area contributed by atoms with Crippen LogP contribution < -0.4 is 20.1 Å². The quantitative estimate of drug-likeness (QED) is 0.311. The third-order valence-corrected chi connectivity index (χ3v) is 5.69. The molecule has 0 aliphatic carbocycles. The monoisotopic (exact) mass is 500 g/mol. The number of aryl methyl sites for hydroxylation is 1. The van der Waals surface area contributed by atoms with E-state index in [1.54, 1.807) is 11.8 Å². The van der Waals surface area contributed by atoms with Gasteiger partial charge in [0.1, 0.15) is 0 Å². The molecule has 0 aliphatic rings. The van der Waals surface area contributed by atoms with E-state index in [2.05, 4.69) is 40.0 Å². The molecule has 0 saturated heterocycles.